The van der Waals surface area contributed by atoms with Crippen molar-refractivity contribution >= 4 is 43.9 Å². The lowest BCUT2D eigenvalue weighted by Gasteiger charge is -2.21. The fourth-order valence-electron chi connectivity index (χ4n) is 4.92. The molecule has 10 heteroatoms. The first-order valence-electron chi connectivity index (χ1n) is 13.3. The second-order valence-electron chi connectivity index (χ2n) is 9.96. The van der Waals surface area contributed by atoms with Gasteiger partial charge in [0.25, 0.3) is 5.91 Å². The first kappa shape index (κ1) is 28.3. The first-order valence-corrected chi connectivity index (χ1v) is 15.9. The minimum absolute atomic E-state index is 0.256. The SMILES string of the molecule is CNC(=O)c1c(-c2ccc(F)cc2)oc2cc(N(C)S(C)(=O)=O)c(-c3cccc(-c4cnc(-c5ccccc5)s4)c3)cc12. The van der Waals surface area contributed by atoms with Crippen molar-refractivity contribution in [1.82, 2.24) is 10.3 Å². The monoisotopic (exact) mass is 611 g/mol. The summed E-state index contributed by atoms with van der Waals surface area (Å²) >= 11 is 1.56. The van der Waals surface area contributed by atoms with E-state index in [4.69, 9.17) is 4.42 Å². The molecule has 0 saturated carbocycles. The van der Waals surface area contributed by atoms with Crippen LogP contribution in [0.5, 0.6) is 0 Å². The van der Waals surface area contributed by atoms with Gasteiger partial charge in [0.2, 0.25) is 10.0 Å². The maximum absolute atomic E-state index is 13.7. The molecule has 0 bridgehead atoms. The number of benzene rings is 4. The van der Waals surface area contributed by atoms with Crippen LogP contribution >= 0.6 is 11.3 Å². The highest BCUT2D eigenvalue weighted by Crippen LogP contribution is 2.42. The second-order valence-corrected chi connectivity index (χ2v) is 13.0. The van der Waals surface area contributed by atoms with Crippen molar-refractivity contribution in [2.45, 2.75) is 0 Å². The average molecular weight is 612 g/mol. The molecular formula is C33H26FN3O4S2. The van der Waals surface area contributed by atoms with E-state index in [1.807, 2.05) is 60.8 Å². The molecule has 7 nitrogen and oxygen atoms in total. The van der Waals surface area contributed by atoms with Crippen molar-refractivity contribution in [2.75, 3.05) is 24.7 Å². The van der Waals surface area contributed by atoms with Crippen LogP contribution in [0.4, 0.5) is 10.1 Å². The number of hydrogen-bond acceptors (Lipinski definition) is 6. The van der Waals surface area contributed by atoms with Gasteiger partial charge in [0, 0.05) is 48.4 Å². The maximum atomic E-state index is 13.7. The number of nitrogens with zero attached hydrogens (tertiary/aromatic N) is 2. The molecule has 6 rings (SSSR count). The average Bonchev–Trinajstić information content (AvgIpc) is 3.66. The Hall–Kier alpha value is -4.80. The van der Waals surface area contributed by atoms with E-state index in [9.17, 15) is 17.6 Å². The molecule has 216 valence electrons. The number of furan rings is 1. The fraction of sp³-hybridized carbons (Fsp3) is 0.0909. The van der Waals surface area contributed by atoms with Gasteiger partial charge in [-0.1, -0.05) is 48.5 Å². The van der Waals surface area contributed by atoms with Gasteiger partial charge >= 0.3 is 0 Å². The molecule has 0 saturated heterocycles. The van der Waals surface area contributed by atoms with Crippen LogP contribution in [0.25, 0.3) is 54.4 Å². The molecule has 2 aromatic heterocycles. The zero-order valence-electron chi connectivity index (χ0n) is 23.5. The predicted octanol–water partition coefficient (Wildman–Crippen LogP) is 7.45. The normalized spacial score (nSPS) is 11.5. The smallest absolute Gasteiger partial charge is 0.255 e. The van der Waals surface area contributed by atoms with Crippen LogP contribution in [0.2, 0.25) is 0 Å². The molecule has 0 atom stereocenters. The largest absolute Gasteiger partial charge is 0.455 e. The van der Waals surface area contributed by atoms with Gasteiger partial charge in [-0.2, -0.15) is 0 Å². The lowest BCUT2D eigenvalue weighted by molar-refractivity contribution is 0.0964. The van der Waals surface area contributed by atoms with Crippen molar-refractivity contribution in [3.63, 3.8) is 0 Å². The molecule has 0 unspecified atom stereocenters. The van der Waals surface area contributed by atoms with Crippen LogP contribution in [-0.4, -0.2) is 39.7 Å². The van der Waals surface area contributed by atoms with E-state index < -0.39 is 15.8 Å². The highest BCUT2D eigenvalue weighted by molar-refractivity contribution is 7.92. The van der Waals surface area contributed by atoms with Crippen LogP contribution in [0.3, 0.4) is 0 Å². The predicted molar refractivity (Wildman–Crippen MR) is 170 cm³/mol. The third-order valence-electron chi connectivity index (χ3n) is 7.19. The Bertz CT molecular complexity index is 2090. The molecule has 0 aliphatic carbocycles. The number of fused-ring (bicyclic) bond motifs is 1. The highest BCUT2D eigenvalue weighted by Gasteiger charge is 2.26. The maximum Gasteiger partial charge on any atom is 0.255 e. The lowest BCUT2D eigenvalue weighted by Crippen LogP contribution is -2.25. The van der Waals surface area contributed by atoms with Gasteiger partial charge in [-0.3, -0.25) is 9.10 Å². The van der Waals surface area contributed by atoms with Crippen molar-refractivity contribution < 1.29 is 22.0 Å². The van der Waals surface area contributed by atoms with Gasteiger partial charge < -0.3 is 9.73 Å². The number of nitrogens with one attached hydrogen (secondary N) is 1. The molecule has 0 radical (unpaired) electrons. The molecule has 0 spiro atoms. The number of rotatable bonds is 7. The summed E-state index contributed by atoms with van der Waals surface area (Å²) in [5.74, 6) is -0.552. The summed E-state index contributed by atoms with van der Waals surface area (Å²) in [5, 5.41) is 4.05. The molecule has 0 aliphatic rings. The zero-order chi connectivity index (χ0) is 30.3. The fourth-order valence-corrected chi connectivity index (χ4v) is 6.35. The summed E-state index contributed by atoms with van der Waals surface area (Å²) in [7, 11) is -0.670. The lowest BCUT2D eigenvalue weighted by atomic mass is 9.97. The van der Waals surface area contributed by atoms with Gasteiger partial charge in [0.05, 0.1) is 22.4 Å². The van der Waals surface area contributed by atoms with Gasteiger partial charge in [0.1, 0.15) is 22.2 Å². The number of anilines is 1. The van der Waals surface area contributed by atoms with Gasteiger partial charge in [-0.25, -0.2) is 17.8 Å². The van der Waals surface area contributed by atoms with E-state index in [0.29, 0.717) is 27.8 Å². The zero-order valence-corrected chi connectivity index (χ0v) is 25.1. The van der Waals surface area contributed by atoms with Crippen LogP contribution in [-0.2, 0) is 10.0 Å². The Morgan fingerprint density at radius 3 is 2.30 bits per heavy atom. The van der Waals surface area contributed by atoms with E-state index in [1.165, 1.54) is 42.7 Å². The van der Waals surface area contributed by atoms with Crippen LogP contribution in [0.15, 0.2) is 102 Å². The third kappa shape index (κ3) is 5.42. The van der Waals surface area contributed by atoms with E-state index in [-0.39, 0.29) is 17.2 Å². The van der Waals surface area contributed by atoms with E-state index in [1.54, 1.807) is 23.5 Å². The van der Waals surface area contributed by atoms with Crippen molar-refractivity contribution in [3.05, 3.63) is 109 Å². The number of carbonyl (C=O) groups excluding carboxylic acids is 1. The molecule has 6 aromatic rings. The number of aromatic nitrogens is 1. The van der Waals surface area contributed by atoms with E-state index >= 15 is 0 Å². The van der Waals surface area contributed by atoms with Gasteiger partial charge in [-0.05, 0) is 47.5 Å². The summed E-state index contributed by atoms with van der Waals surface area (Å²) in [6.07, 6.45) is 2.95. The van der Waals surface area contributed by atoms with E-state index in [2.05, 4.69) is 10.3 Å². The summed E-state index contributed by atoms with van der Waals surface area (Å²) in [6.45, 7) is 0. The van der Waals surface area contributed by atoms with Crippen LogP contribution in [0.1, 0.15) is 10.4 Å². The van der Waals surface area contributed by atoms with Crippen molar-refractivity contribution in [1.29, 1.82) is 0 Å². The third-order valence-corrected chi connectivity index (χ3v) is 9.48. The second kappa shape index (κ2) is 11.1. The Morgan fingerprint density at radius 2 is 1.60 bits per heavy atom. The highest BCUT2D eigenvalue weighted by atomic mass is 32.2. The molecule has 0 fully saturated rings. The molecule has 1 amide bonds. The van der Waals surface area contributed by atoms with Gasteiger partial charge in [-0.15, -0.1) is 11.3 Å². The summed E-state index contributed by atoms with van der Waals surface area (Å²) in [4.78, 5) is 18.7. The minimum Gasteiger partial charge on any atom is -0.455 e. The summed E-state index contributed by atoms with van der Waals surface area (Å²) in [5.41, 5.74) is 4.75. The van der Waals surface area contributed by atoms with Crippen LogP contribution < -0.4 is 9.62 Å². The molecule has 1 N–H and O–H groups in total. The molecule has 2 heterocycles. The Labute approximate surface area is 252 Å². The number of halogens is 1. The molecule has 4 aromatic carbocycles. The van der Waals surface area contributed by atoms with Crippen LogP contribution in [0, 0.1) is 5.82 Å². The Morgan fingerprint density at radius 1 is 0.907 bits per heavy atom. The van der Waals surface area contributed by atoms with Gasteiger partial charge in [0.15, 0.2) is 0 Å². The number of hydrogen-bond donors (Lipinski definition) is 1. The number of thiazole rings is 1. The molecular weight excluding hydrogens is 586 g/mol. The number of carbonyl (C=O) groups is 1. The summed E-state index contributed by atoms with van der Waals surface area (Å²) in [6, 6.07) is 26.7. The Balaban J connectivity index is 1.55. The number of sulfonamides is 1. The topological polar surface area (TPSA) is 92.5 Å². The standard InChI is InChI=1S/C33H26FN3O4S2/c1-35-32(38)30-26-17-25(22-10-7-11-23(16-22)29-19-36-33(42-29)21-8-5-4-6-9-21)27(37(2)43(3,39)40)18-28(26)41-31(30)20-12-14-24(34)15-13-20/h4-19H,1-3H3,(H,35,38). The first-order chi connectivity index (χ1) is 20.6. The summed E-state index contributed by atoms with van der Waals surface area (Å²) < 4.78 is 46.5. The van der Waals surface area contributed by atoms with E-state index in [0.717, 1.165) is 32.8 Å². The quantitative estimate of drug-likeness (QED) is 0.202. The van der Waals surface area contributed by atoms with Crippen molar-refractivity contribution in [2.24, 2.45) is 0 Å². The van der Waals surface area contributed by atoms with Crippen molar-refractivity contribution in [3.8, 4) is 43.5 Å². The minimum atomic E-state index is -3.66. The number of amides is 1. The Kier molecular flexibility index (Phi) is 7.33. The molecule has 43 heavy (non-hydrogen) atoms. The molecule has 0 aliphatic heterocycles.